The quantitative estimate of drug-likeness (QED) is 0.664. The third-order valence-electron chi connectivity index (χ3n) is 4.93. The number of nitrogens with one attached hydrogen (secondary N) is 1. The van der Waals surface area contributed by atoms with Gasteiger partial charge < -0.3 is 24.4 Å². The van der Waals surface area contributed by atoms with Crippen molar-refractivity contribution in [2.24, 2.45) is 0 Å². The molecule has 0 radical (unpaired) electrons. The summed E-state index contributed by atoms with van der Waals surface area (Å²) in [7, 11) is 3.34. The van der Waals surface area contributed by atoms with E-state index in [1.807, 2.05) is 36.4 Å². The Morgan fingerprint density at radius 1 is 1.07 bits per heavy atom. The van der Waals surface area contributed by atoms with Gasteiger partial charge in [-0.05, 0) is 42.0 Å². The molecule has 1 fully saturated rings. The summed E-state index contributed by atoms with van der Waals surface area (Å²) < 4.78 is 16.0. The summed E-state index contributed by atoms with van der Waals surface area (Å²) >= 11 is 5.76. The Bertz CT molecular complexity index is 779. The monoisotopic (exact) mass is 415 g/mol. The van der Waals surface area contributed by atoms with Crippen LogP contribution < -0.4 is 14.8 Å². The molecular weight excluding hydrogens is 386 g/mol. The maximum absolute atomic E-state index is 5.76. The molecule has 29 heavy (non-hydrogen) atoms. The molecule has 3 rings (SSSR count). The van der Waals surface area contributed by atoms with E-state index in [1.54, 1.807) is 14.2 Å². The molecule has 156 valence electrons. The Morgan fingerprint density at radius 2 is 1.79 bits per heavy atom. The first-order valence-corrected chi connectivity index (χ1v) is 10.2. The van der Waals surface area contributed by atoms with Crippen molar-refractivity contribution in [3.05, 3.63) is 54.1 Å². The SMILES string of the molecule is COc1ccc(CN(CCN2CCOCC2)C(=S)Nc2cccc(OC)c2)cc1. The zero-order chi connectivity index (χ0) is 20.5. The number of benzene rings is 2. The molecule has 2 aromatic rings. The summed E-state index contributed by atoms with van der Waals surface area (Å²) in [6.45, 7) is 6.03. The lowest BCUT2D eigenvalue weighted by atomic mass is 10.2. The van der Waals surface area contributed by atoms with Crippen molar-refractivity contribution in [2.45, 2.75) is 6.54 Å². The highest BCUT2D eigenvalue weighted by molar-refractivity contribution is 7.80. The molecule has 1 heterocycles. The van der Waals surface area contributed by atoms with Gasteiger partial charge in [0, 0.05) is 44.5 Å². The predicted molar refractivity (Wildman–Crippen MR) is 120 cm³/mol. The first-order valence-electron chi connectivity index (χ1n) is 9.81. The van der Waals surface area contributed by atoms with Gasteiger partial charge in [-0.15, -0.1) is 0 Å². The number of thiocarbonyl (C=S) groups is 1. The molecule has 0 saturated carbocycles. The molecule has 6 nitrogen and oxygen atoms in total. The Morgan fingerprint density at radius 3 is 2.48 bits per heavy atom. The van der Waals surface area contributed by atoms with Gasteiger partial charge in [-0.3, -0.25) is 4.90 Å². The van der Waals surface area contributed by atoms with Crippen LogP contribution in [0.15, 0.2) is 48.5 Å². The van der Waals surface area contributed by atoms with Crippen molar-refractivity contribution >= 4 is 23.0 Å². The first kappa shape index (κ1) is 21.4. The summed E-state index contributed by atoms with van der Waals surface area (Å²) in [5, 5.41) is 4.05. The van der Waals surface area contributed by atoms with Gasteiger partial charge in [-0.2, -0.15) is 0 Å². The first-order chi connectivity index (χ1) is 14.2. The Hall–Kier alpha value is -2.35. The fourth-order valence-corrected chi connectivity index (χ4v) is 3.47. The lowest BCUT2D eigenvalue weighted by molar-refractivity contribution is 0.0358. The Kier molecular flexibility index (Phi) is 8.10. The standard InChI is InChI=1S/C22H29N3O3S/c1-26-20-8-6-18(7-9-20)17-25(11-10-24-12-14-28-15-13-24)22(29)23-19-4-3-5-21(16-19)27-2/h3-9,16H,10-15,17H2,1-2H3,(H,23,29). The maximum atomic E-state index is 5.76. The molecule has 0 spiro atoms. The van der Waals surface area contributed by atoms with Crippen LogP contribution in [0.5, 0.6) is 11.5 Å². The molecule has 7 heteroatoms. The van der Waals surface area contributed by atoms with Crippen LogP contribution in [0.25, 0.3) is 0 Å². The lowest BCUT2D eigenvalue weighted by Crippen LogP contribution is -2.43. The molecule has 0 amide bonds. The van der Waals surface area contributed by atoms with E-state index in [0.717, 1.165) is 63.1 Å². The average molecular weight is 416 g/mol. The summed E-state index contributed by atoms with van der Waals surface area (Å²) in [6, 6.07) is 15.9. The average Bonchev–Trinajstić information content (AvgIpc) is 2.77. The molecule has 2 aromatic carbocycles. The predicted octanol–water partition coefficient (Wildman–Crippen LogP) is 3.24. The van der Waals surface area contributed by atoms with E-state index in [-0.39, 0.29) is 0 Å². The Labute approximate surface area is 178 Å². The van der Waals surface area contributed by atoms with Crippen molar-refractivity contribution in [3.63, 3.8) is 0 Å². The number of nitrogens with zero attached hydrogens (tertiary/aromatic N) is 2. The molecule has 1 saturated heterocycles. The Balaban J connectivity index is 1.67. The summed E-state index contributed by atoms with van der Waals surface area (Å²) in [6.07, 6.45) is 0. The number of morpholine rings is 1. The number of hydrogen-bond donors (Lipinski definition) is 1. The van der Waals surface area contributed by atoms with Crippen molar-refractivity contribution in [1.82, 2.24) is 9.80 Å². The molecule has 1 N–H and O–H groups in total. The fraction of sp³-hybridized carbons (Fsp3) is 0.409. The second kappa shape index (κ2) is 11.0. The van der Waals surface area contributed by atoms with Crippen LogP contribution in [-0.4, -0.2) is 68.5 Å². The van der Waals surface area contributed by atoms with Crippen molar-refractivity contribution in [3.8, 4) is 11.5 Å². The summed E-state index contributed by atoms with van der Waals surface area (Å²) in [4.78, 5) is 4.62. The number of anilines is 1. The molecule has 0 aromatic heterocycles. The van der Waals surface area contributed by atoms with Gasteiger partial charge in [0.05, 0.1) is 27.4 Å². The molecule has 0 unspecified atom stereocenters. The van der Waals surface area contributed by atoms with E-state index in [1.165, 1.54) is 5.56 Å². The van der Waals surface area contributed by atoms with Crippen molar-refractivity contribution in [1.29, 1.82) is 0 Å². The van der Waals surface area contributed by atoms with E-state index in [4.69, 9.17) is 26.4 Å². The van der Waals surface area contributed by atoms with Crippen molar-refractivity contribution in [2.75, 3.05) is 58.9 Å². The van der Waals surface area contributed by atoms with Gasteiger partial charge in [-0.1, -0.05) is 18.2 Å². The molecule has 0 bridgehead atoms. The van der Waals surface area contributed by atoms with Crippen LogP contribution in [0.2, 0.25) is 0 Å². The summed E-state index contributed by atoms with van der Waals surface area (Å²) in [5.74, 6) is 1.65. The van der Waals surface area contributed by atoms with Crippen LogP contribution in [0.3, 0.4) is 0 Å². The van der Waals surface area contributed by atoms with Crippen molar-refractivity contribution < 1.29 is 14.2 Å². The maximum Gasteiger partial charge on any atom is 0.173 e. The van der Waals surface area contributed by atoms with Crippen LogP contribution in [0, 0.1) is 0 Å². The van der Waals surface area contributed by atoms with Gasteiger partial charge in [-0.25, -0.2) is 0 Å². The van der Waals surface area contributed by atoms with Gasteiger partial charge in [0.1, 0.15) is 11.5 Å². The molecule has 1 aliphatic rings. The highest BCUT2D eigenvalue weighted by atomic mass is 32.1. The topological polar surface area (TPSA) is 46.2 Å². The van der Waals surface area contributed by atoms with Crippen LogP contribution >= 0.6 is 12.2 Å². The van der Waals surface area contributed by atoms with Crippen LogP contribution in [-0.2, 0) is 11.3 Å². The van der Waals surface area contributed by atoms with Gasteiger partial charge >= 0.3 is 0 Å². The fourth-order valence-electron chi connectivity index (χ4n) is 3.19. The van der Waals surface area contributed by atoms with Gasteiger partial charge in [0.15, 0.2) is 5.11 Å². The van der Waals surface area contributed by atoms with Gasteiger partial charge in [0.2, 0.25) is 0 Å². The molecule has 1 aliphatic heterocycles. The smallest absolute Gasteiger partial charge is 0.173 e. The van der Waals surface area contributed by atoms with E-state index in [2.05, 4.69) is 27.2 Å². The molecular formula is C22H29N3O3S. The second-order valence-corrected chi connectivity index (χ2v) is 7.27. The minimum atomic E-state index is 0.697. The highest BCUT2D eigenvalue weighted by Crippen LogP contribution is 2.18. The number of rotatable bonds is 8. The molecule has 0 atom stereocenters. The minimum absolute atomic E-state index is 0.697. The minimum Gasteiger partial charge on any atom is -0.497 e. The van der Waals surface area contributed by atoms with Crippen LogP contribution in [0.4, 0.5) is 5.69 Å². The van der Waals surface area contributed by atoms with E-state index < -0.39 is 0 Å². The number of methoxy groups -OCH3 is 2. The zero-order valence-electron chi connectivity index (χ0n) is 17.1. The normalized spacial score (nSPS) is 14.3. The number of hydrogen-bond acceptors (Lipinski definition) is 5. The van der Waals surface area contributed by atoms with Gasteiger partial charge in [0.25, 0.3) is 0 Å². The van der Waals surface area contributed by atoms with Crippen LogP contribution in [0.1, 0.15) is 5.56 Å². The van der Waals surface area contributed by atoms with E-state index in [0.29, 0.717) is 5.11 Å². The third-order valence-corrected chi connectivity index (χ3v) is 5.29. The second-order valence-electron chi connectivity index (χ2n) is 6.89. The molecule has 0 aliphatic carbocycles. The lowest BCUT2D eigenvalue weighted by Gasteiger charge is -2.31. The third kappa shape index (κ3) is 6.59. The highest BCUT2D eigenvalue weighted by Gasteiger charge is 2.15. The van der Waals surface area contributed by atoms with E-state index >= 15 is 0 Å². The van der Waals surface area contributed by atoms with E-state index in [9.17, 15) is 0 Å². The number of ether oxygens (including phenoxy) is 3. The zero-order valence-corrected chi connectivity index (χ0v) is 17.9. The largest absolute Gasteiger partial charge is 0.497 e. The summed E-state index contributed by atoms with van der Waals surface area (Å²) in [5.41, 5.74) is 2.10.